The van der Waals surface area contributed by atoms with E-state index in [9.17, 15) is 9.59 Å². The Hall–Kier alpha value is -3.37. The number of aromatic amines is 1. The first-order valence-electron chi connectivity index (χ1n) is 10.5. The number of thioether (sulfide) groups is 1. The van der Waals surface area contributed by atoms with Crippen molar-refractivity contribution in [3.63, 3.8) is 0 Å². The van der Waals surface area contributed by atoms with Gasteiger partial charge in [-0.3, -0.25) is 9.36 Å². The summed E-state index contributed by atoms with van der Waals surface area (Å²) in [6, 6.07) is 17.4. The molecule has 0 radical (unpaired) electrons. The Kier molecular flexibility index (Phi) is 6.27. The number of hydrazone groups is 1. The van der Waals surface area contributed by atoms with Crippen molar-refractivity contribution in [2.75, 3.05) is 5.75 Å². The zero-order chi connectivity index (χ0) is 22.6. The van der Waals surface area contributed by atoms with Gasteiger partial charge >= 0.3 is 5.69 Å². The fraction of sp³-hybridized carbons (Fsp3) is 0.217. The van der Waals surface area contributed by atoms with Gasteiger partial charge in [0.2, 0.25) is 0 Å². The van der Waals surface area contributed by atoms with E-state index in [1.165, 1.54) is 16.8 Å². The largest absolute Gasteiger partial charge is 0.463 e. The molecule has 1 aliphatic rings. The molecule has 1 N–H and O–H groups in total. The number of nitrogens with one attached hydrogen (secondary N) is 1. The predicted molar refractivity (Wildman–Crippen MR) is 127 cm³/mol. The van der Waals surface area contributed by atoms with Crippen LogP contribution < -0.4 is 5.69 Å². The number of H-pyrrole nitrogens is 1. The molecule has 0 aliphatic carbocycles. The monoisotopic (exact) mass is 479 g/mol. The Labute approximate surface area is 197 Å². The average molecular weight is 480 g/mol. The Morgan fingerprint density at radius 1 is 1.18 bits per heavy atom. The van der Waals surface area contributed by atoms with Crippen molar-refractivity contribution >= 4 is 34.7 Å². The predicted octanol–water partition coefficient (Wildman–Crippen LogP) is 3.94. The van der Waals surface area contributed by atoms with Gasteiger partial charge < -0.3 is 4.42 Å². The van der Waals surface area contributed by atoms with Crippen LogP contribution in [0.5, 0.6) is 0 Å². The molecular weight excluding hydrogens is 458 g/mol. The number of carbonyl (C=O) groups is 1. The van der Waals surface area contributed by atoms with Crippen LogP contribution in [0, 0.1) is 0 Å². The minimum atomic E-state index is -0.281. The molecule has 8 nitrogen and oxygen atoms in total. The summed E-state index contributed by atoms with van der Waals surface area (Å²) in [6.45, 7) is 0.484. The Morgan fingerprint density at radius 3 is 2.82 bits per heavy atom. The molecule has 1 aromatic carbocycles. The first-order chi connectivity index (χ1) is 16.2. The van der Waals surface area contributed by atoms with Crippen molar-refractivity contribution in [1.29, 1.82) is 0 Å². The second-order valence-electron chi connectivity index (χ2n) is 7.48. The normalized spacial score (nSPS) is 15.7. The van der Waals surface area contributed by atoms with Crippen molar-refractivity contribution < 1.29 is 9.21 Å². The number of thiophene rings is 1. The van der Waals surface area contributed by atoms with Crippen molar-refractivity contribution in [3.8, 4) is 0 Å². The molecule has 0 fully saturated rings. The Bertz CT molecular complexity index is 1290. The molecule has 1 atom stereocenters. The van der Waals surface area contributed by atoms with E-state index in [-0.39, 0.29) is 23.4 Å². The minimum absolute atomic E-state index is 0.118. The van der Waals surface area contributed by atoms with Crippen LogP contribution in [0.2, 0.25) is 0 Å². The molecule has 1 aliphatic heterocycles. The summed E-state index contributed by atoms with van der Waals surface area (Å²) in [4.78, 5) is 26.5. The third-order valence-corrected chi connectivity index (χ3v) is 7.29. The fourth-order valence-corrected chi connectivity index (χ4v) is 5.36. The molecule has 10 heteroatoms. The number of hydrogen-bond donors (Lipinski definition) is 1. The SMILES string of the molecule is O=C(CSc1n[nH]c(=O)n1CCc1ccccc1)N1N=C(c2ccco2)CC1c1cccs1. The molecule has 0 saturated heterocycles. The number of nitrogens with zero attached hydrogens (tertiary/aromatic N) is 4. The van der Waals surface area contributed by atoms with Gasteiger partial charge in [0, 0.05) is 17.8 Å². The van der Waals surface area contributed by atoms with Gasteiger partial charge in [-0.1, -0.05) is 48.2 Å². The van der Waals surface area contributed by atoms with Gasteiger partial charge in [-0.25, -0.2) is 14.9 Å². The van der Waals surface area contributed by atoms with Crippen molar-refractivity contribution in [1.82, 2.24) is 19.8 Å². The highest BCUT2D eigenvalue weighted by atomic mass is 32.2. The molecule has 1 unspecified atom stereocenters. The van der Waals surface area contributed by atoms with E-state index >= 15 is 0 Å². The summed E-state index contributed by atoms with van der Waals surface area (Å²) in [5, 5.41) is 15.2. The molecule has 168 valence electrons. The van der Waals surface area contributed by atoms with Crippen LogP contribution in [-0.4, -0.2) is 37.1 Å². The number of rotatable bonds is 8. The number of hydrogen-bond acceptors (Lipinski definition) is 7. The standard InChI is InChI=1S/C23H21N5O3S2/c29-21(15-33-23-25-24-22(30)27(23)11-10-16-6-2-1-3-7-16)28-18(20-9-5-13-32-20)14-17(26-28)19-8-4-12-31-19/h1-9,12-13,18H,10-11,14-15H2,(H,24,30). The van der Waals surface area contributed by atoms with Crippen LogP contribution >= 0.6 is 23.1 Å². The van der Waals surface area contributed by atoms with Crippen LogP contribution in [0.1, 0.15) is 28.7 Å². The van der Waals surface area contributed by atoms with Gasteiger partial charge in [0.25, 0.3) is 5.91 Å². The maximum absolute atomic E-state index is 13.2. The van der Waals surface area contributed by atoms with E-state index in [2.05, 4.69) is 15.3 Å². The highest BCUT2D eigenvalue weighted by Crippen LogP contribution is 2.35. The first-order valence-corrected chi connectivity index (χ1v) is 12.3. The molecule has 4 heterocycles. The fourth-order valence-electron chi connectivity index (χ4n) is 3.72. The van der Waals surface area contributed by atoms with E-state index in [1.807, 2.05) is 60.0 Å². The number of furan rings is 1. The first kappa shape index (κ1) is 21.5. The summed E-state index contributed by atoms with van der Waals surface area (Å²) >= 11 is 2.83. The van der Waals surface area contributed by atoms with Gasteiger partial charge in [0.05, 0.1) is 18.1 Å². The lowest BCUT2D eigenvalue weighted by atomic mass is 10.1. The van der Waals surface area contributed by atoms with Crippen LogP contribution in [0.25, 0.3) is 0 Å². The second kappa shape index (κ2) is 9.63. The molecule has 3 aromatic heterocycles. The molecule has 5 rings (SSSR count). The highest BCUT2D eigenvalue weighted by Gasteiger charge is 2.34. The third kappa shape index (κ3) is 4.71. The summed E-state index contributed by atoms with van der Waals surface area (Å²) in [7, 11) is 0. The van der Waals surface area contributed by atoms with Crippen molar-refractivity contribution in [2.45, 2.75) is 30.6 Å². The Morgan fingerprint density at radius 2 is 2.06 bits per heavy atom. The van der Waals surface area contributed by atoms with Crippen LogP contribution in [0.3, 0.4) is 0 Å². The topological polar surface area (TPSA) is 96.5 Å². The van der Waals surface area contributed by atoms with E-state index in [0.717, 1.165) is 16.2 Å². The average Bonchev–Trinajstić information content (AvgIpc) is 3.64. The lowest BCUT2D eigenvalue weighted by Gasteiger charge is -2.20. The molecule has 33 heavy (non-hydrogen) atoms. The minimum Gasteiger partial charge on any atom is -0.463 e. The zero-order valence-electron chi connectivity index (χ0n) is 17.6. The quantitative estimate of drug-likeness (QED) is 0.386. The lowest BCUT2D eigenvalue weighted by molar-refractivity contribution is -0.130. The van der Waals surface area contributed by atoms with Crippen molar-refractivity contribution in [2.24, 2.45) is 5.10 Å². The second-order valence-corrected chi connectivity index (χ2v) is 9.41. The molecule has 0 bridgehead atoms. The number of benzene rings is 1. The molecule has 0 spiro atoms. The van der Waals surface area contributed by atoms with Crippen molar-refractivity contribution in [3.05, 3.63) is 92.9 Å². The Balaban J connectivity index is 1.29. The number of aryl methyl sites for hydroxylation is 1. The summed E-state index contributed by atoms with van der Waals surface area (Å²) < 4.78 is 7.07. The number of carbonyl (C=O) groups excluding carboxylic acids is 1. The van der Waals surface area contributed by atoms with E-state index in [0.29, 0.717) is 30.3 Å². The van der Waals surface area contributed by atoms with Crippen LogP contribution in [0.15, 0.2) is 85.7 Å². The van der Waals surface area contributed by atoms with Gasteiger partial charge in [0.15, 0.2) is 5.16 Å². The van der Waals surface area contributed by atoms with Gasteiger partial charge in [-0.15, -0.1) is 16.4 Å². The summed E-state index contributed by atoms with van der Waals surface area (Å²) in [5.74, 6) is 0.637. The number of aromatic nitrogens is 3. The molecule has 1 amide bonds. The van der Waals surface area contributed by atoms with Gasteiger partial charge in [0.1, 0.15) is 11.5 Å². The highest BCUT2D eigenvalue weighted by molar-refractivity contribution is 7.99. The maximum Gasteiger partial charge on any atom is 0.343 e. The van der Waals surface area contributed by atoms with E-state index < -0.39 is 0 Å². The zero-order valence-corrected chi connectivity index (χ0v) is 19.2. The molecule has 0 saturated carbocycles. The van der Waals surface area contributed by atoms with Gasteiger partial charge in [-0.2, -0.15) is 5.10 Å². The third-order valence-electron chi connectivity index (χ3n) is 5.36. The lowest BCUT2D eigenvalue weighted by Crippen LogP contribution is -2.28. The van der Waals surface area contributed by atoms with Gasteiger partial charge in [-0.05, 0) is 35.6 Å². The molecular formula is C23H21N5O3S2. The smallest absolute Gasteiger partial charge is 0.343 e. The van der Waals surface area contributed by atoms with Crippen LogP contribution in [0.4, 0.5) is 0 Å². The summed E-state index contributed by atoms with van der Waals surface area (Å²) in [6.07, 6.45) is 2.89. The van der Waals surface area contributed by atoms with E-state index in [4.69, 9.17) is 4.42 Å². The van der Waals surface area contributed by atoms with Crippen LogP contribution in [-0.2, 0) is 17.8 Å². The van der Waals surface area contributed by atoms with E-state index in [1.54, 1.807) is 22.2 Å². The summed E-state index contributed by atoms with van der Waals surface area (Å²) in [5.41, 5.74) is 1.60. The molecule has 4 aromatic rings. The maximum atomic E-state index is 13.2. The number of amides is 1.